The second kappa shape index (κ2) is 3.38. The van der Waals surface area contributed by atoms with Gasteiger partial charge in [0.1, 0.15) is 0 Å². The smallest absolute Gasteiger partial charge is 0.0868 e. The largest absolute Gasteiger partial charge is 0.371 e. The van der Waals surface area contributed by atoms with Crippen molar-refractivity contribution in [3.63, 3.8) is 0 Å². The van der Waals surface area contributed by atoms with Crippen molar-refractivity contribution in [3.8, 4) is 0 Å². The van der Waals surface area contributed by atoms with Crippen molar-refractivity contribution < 1.29 is 4.74 Å². The summed E-state index contributed by atoms with van der Waals surface area (Å²) < 4.78 is 6.04. The Morgan fingerprint density at radius 2 is 1.88 bits per heavy atom. The molecule has 1 aliphatic heterocycles. The maximum atomic E-state index is 6.04. The topological polar surface area (TPSA) is 9.23 Å². The molecule has 1 heteroatoms. The van der Waals surface area contributed by atoms with E-state index in [9.17, 15) is 0 Å². The Labute approximate surface area is 106 Å². The van der Waals surface area contributed by atoms with Gasteiger partial charge in [-0.3, -0.25) is 0 Å². The third-order valence-corrected chi connectivity index (χ3v) is 6.02. The van der Waals surface area contributed by atoms with E-state index in [1.165, 1.54) is 25.7 Å². The SMILES string of the molecule is CC1(C)CCC[C@]2(C)[C@H]3CCO[C@]3(C)C=C[C@@H]12. The molecule has 0 bridgehead atoms. The zero-order valence-electron chi connectivity index (χ0n) is 11.8. The molecule has 3 aliphatic rings. The molecule has 17 heavy (non-hydrogen) atoms. The summed E-state index contributed by atoms with van der Waals surface area (Å²) in [4.78, 5) is 0. The van der Waals surface area contributed by atoms with Crippen LogP contribution in [0.1, 0.15) is 53.4 Å². The fourth-order valence-electron chi connectivity index (χ4n) is 5.22. The predicted octanol–water partition coefficient (Wildman–Crippen LogP) is 4.18. The molecular weight excluding hydrogens is 208 g/mol. The Kier molecular flexibility index (Phi) is 2.34. The lowest BCUT2D eigenvalue weighted by Gasteiger charge is -2.57. The molecule has 0 spiro atoms. The zero-order chi connectivity index (χ0) is 12.3. The summed E-state index contributed by atoms with van der Waals surface area (Å²) in [5.74, 6) is 1.47. The summed E-state index contributed by atoms with van der Waals surface area (Å²) in [6.07, 6.45) is 10.3. The van der Waals surface area contributed by atoms with E-state index in [0.29, 0.717) is 10.8 Å². The van der Waals surface area contributed by atoms with E-state index >= 15 is 0 Å². The molecule has 1 nitrogen and oxygen atoms in total. The summed E-state index contributed by atoms with van der Waals surface area (Å²) in [6.45, 7) is 10.7. The Morgan fingerprint density at radius 3 is 2.65 bits per heavy atom. The Morgan fingerprint density at radius 1 is 1.12 bits per heavy atom. The Hall–Kier alpha value is -0.300. The molecule has 0 aromatic carbocycles. The second-order valence-electron chi connectivity index (χ2n) is 7.56. The van der Waals surface area contributed by atoms with Gasteiger partial charge in [-0.1, -0.05) is 39.3 Å². The van der Waals surface area contributed by atoms with Gasteiger partial charge in [0, 0.05) is 6.61 Å². The first-order valence-corrected chi connectivity index (χ1v) is 7.22. The van der Waals surface area contributed by atoms with E-state index < -0.39 is 0 Å². The van der Waals surface area contributed by atoms with Gasteiger partial charge in [0.05, 0.1) is 5.60 Å². The summed E-state index contributed by atoms with van der Waals surface area (Å²) in [5, 5.41) is 0. The molecule has 2 aliphatic carbocycles. The molecule has 0 N–H and O–H groups in total. The Balaban J connectivity index is 2.06. The van der Waals surface area contributed by atoms with E-state index in [4.69, 9.17) is 4.74 Å². The molecule has 4 atom stereocenters. The molecule has 96 valence electrons. The highest BCUT2D eigenvalue weighted by Crippen LogP contribution is 2.62. The summed E-state index contributed by atoms with van der Waals surface area (Å²) in [6, 6.07) is 0. The number of rotatable bonds is 0. The van der Waals surface area contributed by atoms with Crippen LogP contribution in [0, 0.1) is 22.7 Å². The highest BCUT2D eigenvalue weighted by atomic mass is 16.5. The number of ether oxygens (including phenoxy) is 1. The zero-order valence-corrected chi connectivity index (χ0v) is 11.8. The molecule has 0 unspecified atom stereocenters. The molecule has 1 saturated carbocycles. The maximum absolute atomic E-state index is 6.04. The van der Waals surface area contributed by atoms with E-state index in [2.05, 4.69) is 39.8 Å². The van der Waals surface area contributed by atoms with Gasteiger partial charge < -0.3 is 4.74 Å². The van der Waals surface area contributed by atoms with Crippen LogP contribution in [0.2, 0.25) is 0 Å². The maximum Gasteiger partial charge on any atom is 0.0868 e. The standard InChI is InChI=1S/C16H26O/c1-14(2)8-5-9-15(3)12(14)6-10-16(4)13(15)7-11-17-16/h6,10,12-13H,5,7-9,11H2,1-4H3/t12-,13+,15-,16+/m0/s1. The van der Waals surface area contributed by atoms with Crippen LogP contribution in [-0.2, 0) is 4.74 Å². The summed E-state index contributed by atoms with van der Waals surface area (Å²) in [5.41, 5.74) is 0.952. The lowest BCUT2D eigenvalue weighted by Crippen LogP contribution is -2.53. The minimum absolute atomic E-state index is 0.0265. The second-order valence-corrected chi connectivity index (χ2v) is 7.56. The van der Waals surface area contributed by atoms with Crippen LogP contribution in [-0.4, -0.2) is 12.2 Å². The highest BCUT2D eigenvalue weighted by molar-refractivity contribution is 5.22. The third kappa shape index (κ3) is 1.47. The minimum atomic E-state index is 0.0265. The van der Waals surface area contributed by atoms with Crippen molar-refractivity contribution in [3.05, 3.63) is 12.2 Å². The average Bonchev–Trinajstić information content (AvgIpc) is 2.60. The van der Waals surface area contributed by atoms with Crippen molar-refractivity contribution >= 4 is 0 Å². The first kappa shape index (κ1) is 11.8. The van der Waals surface area contributed by atoms with Crippen molar-refractivity contribution in [2.45, 2.75) is 59.0 Å². The van der Waals surface area contributed by atoms with Crippen LogP contribution in [0.25, 0.3) is 0 Å². The van der Waals surface area contributed by atoms with Gasteiger partial charge in [-0.2, -0.15) is 0 Å². The minimum Gasteiger partial charge on any atom is -0.371 e. The van der Waals surface area contributed by atoms with Crippen molar-refractivity contribution in [2.24, 2.45) is 22.7 Å². The average molecular weight is 234 g/mol. The summed E-state index contributed by atoms with van der Waals surface area (Å²) >= 11 is 0. The number of hydrogen-bond acceptors (Lipinski definition) is 1. The molecule has 3 rings (SSSR count). The quantitative estimate of drug-likeness (QED) is 0.571. The van der Waals surface area contributed by atoms with Gasteiger partial charge >= 0.3 is 0 Å². The van der Waals surface area contributed by atoms with E-state index in [0.717, 1.165) is 18.4 Å². The third-order valence-electron chi connectivity index (χ3n) is 6.02. The monoisotopic (exact) mass is 234 g/mol. The number of fused-ring (bicyclic) bond motifs is 3. The van der Waals surface area contributed by atoms with E-state index in [1.807, 2.05) is 0 Å². The number of hydrogen-bond donors (Lipinski definition) is 0. The molecule has 1 heterocycles. The Bertz CT molecular complexity index is 357. The van der Waals surface area contributed by atoms with Crippen LogP contribution >= 0.6 is 0 Å². The lowest BCUT2D eigenvalue weighted by atomic mass is 9.48. The van der Waals surface area contributed by atoms with Gasteiger partial charge in [-0.15, -0.1) is 0 Å². The van der Waals surface area contributed by atoms with Gasteiger partial charge in [0.25, 0.3) is 0 Å². The molecule has 0 amide bonds. The predicted molar refractivity (Wildman–Crippen MR) is 70.8 cm³/mol. The van der Waals surface area contributed by atoms with Crippen LogP contribution in [0.5, 0.6) is 0 Å². The van der Waals surface area contributed by atoms with Gasteiger partial charge in [0.15, 0.2) is 0 Å². The first-order chi connectivity index (χ1) is 7.89. The van der Waals surface area contributed by atoms with E-state index in [-0.39, 0.29) is 5.60 Å². The first-order valence-electron chi connectivity index (χ1n) is 7.22. The highest BCUT2D eigenvalue weighted by Gasteiger charge is 2.58. The van der Waals surface area contributed by atoms with Crippen LogP contribution in [0.3, 0.4) is 0 Å². The van der Waals surface area contributed by atoms with Gasteiger partial charge in [-0.25, -0.2) is 0 Å². The molecule has 0 aromatic rings. The fraction of sp³-hybridized carbons (Fsp3) is 0.875. The molecule has 2 fully saturated rings. The molecule has 0 radical (unpaired) electrons. The van der Waals surface area contributed by atoms with Gasteiger partial charge in [-0.05, 0) is 48.9 Å². The van der Waals surface area contributed by atoms with Crippen LogP contribution in [0.4, 0.5) is 0 Å². The van der Waals surface area contributed by atoms with Crippen LogP contribution < -0.4 is 0 Å². The van der Waals surface area contributed by atoms with Crippen molar-refractivity contribution in [1.29, 1.82) is 0 Å². The van der Waals surface area contributed by atoms with Crippen molar-refractivity contribution in [2.75, 3.05) is 6.61 Å². The lowest BCUT2D eigenvalue weighted by molar-refractivity contribution is -0.0789. The number of allylic oxidation sites excluding steroid dienone is 1. The van der Waals surface area contributed by atoms with Crippen LogP contribution in [0.15, 0.2) is 12.2 Å². The molecular formula is C16H26O. The fourth-order valence-corrected chi connectivity index (χ4v) is 5.22. The van der Waals surface area contributed by atoms with E-state index in [1.54, 1.807) is 0 Å². The summed E-state index contributed by atoms with van der Waals surface area (Å²) in [7, 11) is 0. The van der Waals surface area contributed by atoms with Crippen molar-refractivity contribution in [1.82, 2.24) is 0 Å². The molecule has 0 aromatic heterocycles. The molecule has 1 saturated heterocycles. The van der Waals surface area contributed by atoms with Gasteiger partial charge in [0.2, 0.25) is 0 Å². The normalized spacial score (nSPS) is 52.0.